The molecule has 0 fully saturated rings. The summed E-state index contributed by atoms with van der Waals surface area (Å²) < 4.78 is 0. The van der Waals surface area contributed by atoms with E-state index >= 15 is 0 Å². The van der Waals surface area contributed by atoms with Crippen LogP contribution in [0.25, 0.3) is 0 Å². The summed E-state index contributed by atoms with van der Waals surface area (Å²) in [4.78, 5) is 15.5. The Morgan fingerprint density at radius 1 is 1.65 bits per heavy atom. The fourth-order valence-corrected chi connectivity index (χ4v) is 1.71. The molecule has 17 heavy (non-hydrogen) atoms. The molecule has 94 valence electrons. The third-order valence-electron chi connectivity index (χ3n) is 1.97. The second kappa shape index (κ2) is 6.81. The van der Waals surface area contributed by atoms with Crippen molar-refractivity contribution in [3.05, 3.63) is 11.1 Å². The zero-order chi connectivity index (χ0) is 12.7. The quantitative estimate of drug-likeness (QED) is 0.240. The number of carbonyl (C=O) groups excluding carboxylic acids is 1. The lowest BCUT2D eigenvalue weighted by Gasteiger charge is -2.04. The maximum absolute atomic E-state index is 11.6. The van der Waals surface area contributed by atoms with Crippen LogP contribution in [0.3, 0.4) is 0 Å². The van der Waals surface area contributed by atoms with Gasteiger partial charge in [0.1, 0.15) is 5.69 Å². The lowest BCUT2D eigenvalue weighted by atomic mass is 10.2. The van der Waals surface area contributed by atoms with E-state index in [1.165, 1.54) is 11.3 Å². The maximum Gasteiger partial charge on any atom is 0.275 e. The Bertz CT molecular complexity index is 404. The molecular formula is C9H15N5O2S. The number of thiazole rings is 1. The van der Waals surface area contributed by atoms with Crippen LogP contribution in [0, 0.1) is 0 Å². The largest absolute Gasteiger partial charge is 0.410 e. The number of nitrogens with one attached hydrogen (secondary N) is 2. The molecule has 7 nitrogen and oxygen atoms in total. The fourth-order valence-electron chi connectivity index (χ4n) is 1.16. The lowest BCUT2D eigenvalue weighted by molar-refractivity contribution is -0.114. The van der Waals surface area contributed by atoms with E-state index in [9.17, 15) is 4.79 Å². The molecule has 0 bridgehead atoms. The van der Waals surface area contributed by atoms with Crippen LogP contribution in [0.1, 0.15) is 12.1 Å². The highest BCUT2D eigenvalue weighted by Crippen LogP contribution is 2.11. The lowest BCUT2D eigenvalue weighted by Crippen LogP contribution is -2.33. The molecule has 0 aliphatic rings. The van der Waals surface area contributed by atoms with Crippen molar-refractivity contribution in [3.8, 4) is 0 Å². The molecule has 1 amide bonds. The van der Waals surface area contributed by atoms with Crippen molar-refractivity contribution in [2.75, 3.05) is 25.9 Å². The van der Waals surface area contributed by atoms with Crippen LogP contribution in [-0.2, 0) is 4.79 Å². The van der Waals surface area contributed by atoms with Gasteiger partial charge in [-0.05, 0) is 20.0 Å². The van der Waals surface area contributed by atoms with E-state index in [2.05, 4.69) is 20.8 Å². The van der Waals surface area contributed by atoms with Crippen molar-refractivity contribution in [2.24, 2.45) is 5.16 Å². The van der Waals surface area contributed by atoms with E-state index in [0.717, 1.165) is 13.0 Å². The Morgan fingerprint density at radius 2 is 2.41 bits per heavy atom. The van der Waals surface area contributed by atoms with Gasteiger partial charge in [0, 0.05) is 11.9 Å². The Balaban J connectivity index is 2.54. The van der Waals surface area contributed by atoms with Gasteiger partial charge in [-0.25, -0.2) is 4.98 Å². The summed E-state index contributed by atoms with van der Waals surface area (Å²) in [7, 11) is 1.83. The van der Waals surface area contributed by atoms with Gasteiger partial charge in [-0.3, -0.25) is 4.79 Å². The zero-order valence-electron chi connectivity index (χ0n) is 9.43. The molecule has 1 rings (SSSR count). The molecule has 5 N–H and O–H groups in total. The number of nitrogens with two attached hydrogens (primary N) is 1. The molecule has 0 spiro atoms. The van der Waals surface area contributed by atoms with Gasteiger partial charge in [-0.15, -0.1) is 11.3 Å². The first-order chi connectivity index (χ1) is 8.19. The molecule has 0 saturated heterocycles. The SMILES string of the molecule is CNCCCNC(=O)C(=NO)c1csc(N)n1. The molecule has 0 radical (unpaired) electrons. The van der Waals surface area contributed by atoms with E-state index in [1.54, 1.807) is 5.38 Å². The van der Waals surface area contributed by atoms with Crippen molar-refractivity contribution in [1.29, 1.82) is 0 Å². The summed E-state index contributed by atoms with van der Waals surface area (Å²) in [5.41, 5.74) is 5.60. The Kier molecular flexibility index (Phi) is 5.37. The van der Waals surface area contributed by atoms with Gasteiger partial charge >= 0.3 is 0 Å². The van der Waals surface area contributed by atoms with Crippen LogP contribution in [0.5, 0.6) is 0 Å². The number of hydrogen-bond acceptors (Lipinski definition) is 7. The van der Waals surface area contributed by atoms with Gasteiger partial charge in [0.2, 0.25) is 0 Å². The van der Waals surface area contributed by atoms with Crippen LogP contribution in [0.4, 0.5) is 5.13 Å². The van der Waals surface area contributed by atoms with Gasteiger partial charge in [0.15, 0.2) is 10.8 Å². The highest BCUT2D eigenvalue weighted by atomic mass is 32.1. The molecule has 0 unspecified atom stereocenters. The van der Waals surface area contributed by atoms with Crippen molar-refractivity contribution < 1.29 is 10.0 Å². The summed E-state index contributed by atoms with van der Waals surface area (Å²) in [6.45, 7) is 1.30. The number of aromatic nitrogens is 1. The molecule has 1 heterocycles. The molecule has 1 aromatic heterocycles. The molecule has 0 aromatic carbocycles. The Hall–Kier alpha value is -1.67. The van der Waals surface area contributed by atoms with E-state index in [4.69, 9.17) is 10.9 Å². The average Bonchev–Trinajstić information content (AvgIpc) is 2.72. The van der Waals surface area contributed by atoms with Crippen LogP contribution in [0.15, 0.2) is 10.5 Å². The first-order valence-corrected chi connectivity index (χ1v) is 5.93. The maximum atomic E-state index is 11.6. The average molecular weight is 257 g/mol. The molecule has 1 aromatic rings. The number of anilines is 1. The van der Waals surface area contributed by atoms with Crippen molar-refractivity contribution in [2.45, 2.75) is 6.42 Å². The van der Waals surface area contributed by atoms with Crippen molar-refractivity contribution >= 4 is 28.1 Å². The van der Waals surface area contributed by atoms with E-state index in [0.29, 0.717) is 11.7 Å². The van der Waals surface area contributed by atoms with Gasteiger partial charge in [0.05, 0.1) is 0 Å². The minimum atomic E-state index is -0.464. The molecule has 8 heteroatoms. The van der Waals surface area contributed by atoms with Crippen LogP contribution < -0.4 is 16.4 Å². The van der Waals surface area contributed by atoms with E-state index < -0.39 is 5.91 Å². The number of nitrogen functional groups attached to an aromatic ring is 1. The number of nitrogens with zero attached hydrogens (tertiary/aromatic N) is 2. The summed E-state index contributed by atoms with van der Waals surface area (Å²) >= 11 is 1.18. The fraction of sp³-hybridized carbons (Fsp3) is 0.444. The van der Waals surface area contributed by atoms with Crippen LogP contribution in [0.2, 0.25) is 0 Å². The molecule has 0 atom stereocenters. The number of amides is 1. The van der Waals surface area contributed by atoms with E-state index in [-0.39, 0.29) is 11.4 Å². The number of oxime groups is 1. The van der Waals surface area contributed by atoms with Gasteiger partial charge < -0.3 is 21.6 Å². The Labute approximate surface area is 103 Å². The zero-order valence-corrected chi connectivity index (χ0v) is 10.3. The van der Waals surface area contributed by atoms with Crippen molar-refractivity contribution in [1.82, 2.24) is 15.6 Å². The summed E-state index contributed by atoms with van der Waals surface area (Å²) in [6.07, 6.45) is 0.792. The third-order valence-corrected chi connectivity index (χ3v) is 2.64. The monoisotopic (exact) mass is 257 g/mol. The Morgan fingerprint density at radius 3 is 2.94 bits per heavy atom. The van der Waals surface area contributed by atoms with Gasteiger partial charge in [-0.2, -0.15) is 0 Å². The first-order valence-electron chi connectivity index (χ1n) is 5.05. The van der Waals surface area contributed by atoms with E-state index in [1.807, 2.05) is 7.05 Å². The predicted molar refractivity (Wildman–Crippen MR) is 66.4 cm³/mol. The highest BCUT2D eigenvalue weighted by molar-refractivity contribution is 7.13. The van der Waals surface area contributed by atoms with Crippen molar-refractivity contribution in [3.63, 3.8) is 0 Å². The minimum Gasteiger partial charge on any atom is -0.410 e. The number of carbonyl (C=O) groups is 1. The third kappa shape index (κ3) is 4.00. The topological polar surface area (TPSA) is 113 Å². The second-order valence-corrected chi connectivity index (χ2v) is 4.12. The first kappa shape index (κ1) is 13.4. The summed E-state index contributed by atoms with van der Waals surface area (Å²) in [6, 6.07) is 0. The number of rotatable bonds is 6. The summed E-state index contributed by atoms with van der Waals surface area (Å²) in [5, 5.41) is 19.2. The molecule has 0 aliphatic carbocycles. The van der Waals surface area contributed by atoms with Gasteiger partial charge in [-0.1, -0.05) is 5.16 Å². The minimum absolute atomic E-state index is 0.123. The smallest absolute Gasteiger partial charge is 0.275 e. The highest BCUT2D eigenvalue weighted by Gasteiger charge is 2.17. The summed E-state index contributed by atoms with van der Waals surface area (Å²) in [5.74, 6) is -0.464. The normalized spacial score (nSPS) is 11.5. The molecule has 0 aliphatic heterocycles. The standard InChI is InChI=1S/C9H15N5O2S/c1-11-3-2-4-12-8(15)7(14-16)6-5-17-9(10)13-6/h5,11,16H,2-4H2,1H3,(H2,10,13)(H,12,15). The molecular weight excluding hydrogens is 242 g/mol. The predicted octanol–water partition coefficient (Wildman–Crippen LogP) is -0.371. The second-order valence-electron chi connectivity index (χ2n) is 3.23. The van der Waals surface area contributed by atoms with Crippen LogP contribution in [-0.4, -0.2) is 41.9 Å². The van der Waals surface area contributed by atoms with Crippen LogP contribution >= 0.6 is 11.3 Å². The van der Waals surface area contributed by atoms with Gasteiger partial charge in [0.25, 0.3) is 5.91 Å². The number of hydrogen-bond donors (Lipinski definition) is 4. The molecule has 0 saturated carbocycles.